The van der Waals surface area contributed by atoms with Gasteiger partial charge in [-0.05, 0) is 40.9 Å². The lowest BCUT2D eigenvalue weighted by Gasteiger charge is -2.00. The summed E-state index contributed by atoms with van der Waals surface area (Å²) >= 11 is 0. The van der Waals surface area contributed by atoms with Crippen molar-refractivity contribution in [3.8, 4) is 0 Å². The molecule has 0 amide bonds. The molecule has 0 saturated heterocycles. The molecule has 0 aromatic rings. The van der Waals surface area contributed by atoms with Gasteiger partial charge < -0.3 is 10.0 Å². The van der Waals surface area contributed by atoms with Gasteiger partial charge in [0.15, 0.2) is 0 Å². The first kappa shape index (κ1) is 24.1. The fourth-order valence-corrected chi connectivity index (χ4v) is 0.840. The van der Waals surface area contributed by atoms with E-state index in [1.165, 1.54) is 6.92 Å². The van der Waals surface area contributed by atoms with E-state index < -0.39 is 16.4 Å². The highest BCUT2D eigenvalue weighted by atomic mass is 32.3. The molecule has 0 rings (SSSR count). The Bertz CT molecular complexity index is 362. The molecule has 0 aromatic heterocycles. The third-order valence-electron chi connectivity index (χ3n) is 1.75. The lowest BCUT2D eigenvalue weighted by atomic mass is 10.2. The first-order chi connectivity index (χ1) is 9.01. The van der Waals surface area contributed by atoms with Crippen LogP contribution in [0, 0.1) is 0 Å². The van der Waals surface area contributed by atoms with Gasteiger partial charge in [-0.3, -0.25) is 4.55 Å². The molecule has 122 valence electrons. The Balaban J connectivity index is -0.000000223. The summed E-state index contributed by atoms with van der Waals surface area (Å²) in [5.41, 5.74) is 0.424. The van der Waals surface area contributed by atoms with Gasteiger partial charge in [0.1, 0.15) is 0 Å². The Morgan fingerprint density at radius 2 is 1.65 bits per heavy atom. The van der Waals surface area contributed by atoms with Crippen molar-refractivity contribution in [2.45, 2.75) is 34.1 Å². The maximum atomic E-state index is 10.0. The Morgan fingerprint density at radius 1 is 1.25 bits per heavy atom. The van der Waals surface area contributed by atoms with Gasteiger partial charge in [-0.25, -0.2) is 8.98 Å². The van der Waals surface area contributed by atoms with Crippen LogP contribution in [0.1, 0.15) is 34.1 Å². The average molecular weight is 313 g/mol. The van der Waals surface area contributed by atoms with E-state index in [9.17, 15) is 13.2 Å². The highest BCUT2D eigenvalue weighted by Crippen LogP contribution is 1.92. The molecule has 0 heterocycles. The van der Waals surface area contributed by atoms with Crippen LogP contribution in [0.5, 0.6) is 0 Å². The van der Waals surface area contributed by atoms with Gasteiger partial charge in [0.05, 0.1) is 6.61 Å². The van der Waals surface area contributed by atoms with Gasteiger partial charge in [-0.1, -0.05) is 19.9 Å². The number of nitrogens with zero attached hydrogens (tertiary/aromatic N) is 1. The third kappa shape index (κ3) is 30.2. The largest absolute Gasteiger partial charge is 0.478 e. The summed E-state index contributed by atoms with van der Waals surface area (Å²) in [5, 5.41) is 8.24. The maximum Gasteiger partial charge on any atom is 0.397 e. The summed E-state index contributed by atoms with van der Waals surface area (Å²) in [6, 6.07) is 0. The Hall–Kier alpha value is -0.960. The van der Waals surface area contributed by atoms with Crippen molar-refractivity contribution >= 4 is 16.4 Å². The second-order valence-corrected chi connectivity index (χ2v) is 4.92. The minimum Gasteiger partial charge on any atom is -0.478 e. The molecule has 0 saturated carbocycles. The quantitative estimate of drug-likeness (QED) is 0.589. The number of carbonyl (C=O) groups is 1. The standard InChI is InChI=1S/C6H10O2.C4H11N.C2H6O4S/c1-3-4-5(2)6(7)8;1-4-5(2)3;1-2-6-7(3,4)5/h4H,3H2,1-2H3,(H,7,8);4H2,1-3H3;2H2,1H3,(H,3,4,5)/b5-4+;;. The van der Waals surface area contributed by atoms with E-state index in [0.717, 1.165) is 13.0 Å². The van der Waals surface area contributed by atoms with E-state index in [-0.39, 0.29) is 6.61 Å². The second-order valence-electron chi connectivity index (χ2n) is 3.83. The molecule has 8 heteroatoms. The molecular formula is C12H27NO6S. The summed E-state index contributed by atoms with van der Waals surface area (Å²) < 4.78 is 30.7. The van der Waals surface area contributed by atoms with E-state index in [4.69, 9.17) is 9.66 Å². The zero-order valence-electron chi connectivity index (χ0n) is 13.1. The van der Waals surface area contributed by atoms with E-state index in [1.807, 2.05) is 6.92 Å². The third-order valence-corrected chi connectivity index (χ3v) is 2.28. The van der Waals surface area contributed by atoms with Crippen molar-refractivity contribution in [1.29, 1.82) is 0 Å². The summed E-state index contributed by atoms with van der Waals surface area (Å²) in [5.74, 6) is -0.827. The molecule has 0 radical (unpaired) electrons. The van der Waals surface area contributed by atoms with Crippen LogP contribution < -0.4 is 0 Å². The molecule has 0 aromatic carbocycles. The minimum atomic E-state index is -4.17. The Kier molecular flexibility index (Phi) is 17.4. The normalized spacial score (nSPS) is 11.1. The first-order valence-corrected chi connectivity index (χ1v) is 7.54. The topological polar surface area (TPSA) is 104 Å². The molecular weight excluding hydrogens is 286 g/mol. The van der Waals surface area contributed by atoms with Gasteiger partial charge in [-0.2, -0.15) is 8.42 Å². The monoisotopic (exact) mass is 313 g/mol. The number of allylic oxidation sites excluding steroid dienone is 1. The van der Waals surface area contributed by atoms with Gasteiger partial charge in [0.25, 0.3) is 0 Å². The van der Waals surface area contributed by atoms with Crippen molar-refractivity contribution < 1.29 is 27.1 Å². The van der Waals surface area contributed by atoms with Crippen molar-refractivity contribution in [2.24, 2.45) is 0 Å². The zero-order valence-corrected chi connectivity index (χ0v) is 13.9. The number of carboxylic acids is 1. The van der Waals surface area contributed by atoms with Crippen molar-refractivity contribution in [3.63, 3.8) is 0 Å². The van der Waals surface area contributed by atoms with E-state index in [0.29, 0.717) is 5.57 Å². The molecule has 0 aliphatic rings. The second kappa shape index (κ2) is 14.4. The Labute approximate surface area is 122 Å². The summed E-state index contributed by atoms with van der Waals surface area (Å²) in [7, 11) is -0.0631. The summed E-state index contributed by atoms with van der Waals surface area (Å²) in [6.45, 7) is 8.20. The molecule has 7 nitrogen and oxygen atoms in total. The van der Waals surface area contributed by atoms with Crippen LogP contribution in [0.25, 0.3) is 0 Å². The molecule has 0 aliphatic heterocycles. The molecule has 20 heavy (non-hydrogen) atoms. The fourth-order valence-electron chi connectivity index (χ4n) is 0.542. The molecule has 2 N–H and O–H groups in total. The zero-order chi connectivity index (χ0) is 16.8. The number of carboxylic acid groups (broad SMARTS) is 1. The summed E-state index contributed by atoms with van der Waals surface area (Å²) in [6.07, 6.45) is 2.47. The van der Waals surface area contributed by atoms with Gasteiger partial charge >= 0.3 is 16.4 Å². The van der Waals surface area contributed by atoms with E-state index in [1.54, 1.807) is 13.0 Å². The van der Waals surface area contributed by atoms with Gasteiger partial charge in [-0.15, -0.1) is 0 Å². The Morgan fingerprint density at radius 3 is 1.70 bits per heavy atom. The molecule has 0 atom stereocenters. The van der Waals surface area contributed by atoms with Gasteiger partial charge in [0, 0.05) is 5.57 Å². The van der Waals surface area contributed by atoms with Crippen LogP contribution in [0.2, 0.25) is 0 Å². The SMILES string of the molecule is CC/C=C(\C)C(=O)O.CCN(C)C.CCOS(=O)(=O)O. The highest BCUT2D eigenvalue weighted by molar-refractivity contribution is 7.80. The van der Waals surface area contributed by atoms with E-state index >= 15 is 0 Å². The lowest BCUT2D eigenvalue weighted by Crippen LogP contribution is -2.08. The highest BCUT2D eigenvalue weighted by Gasteiger charge is 1.98. The molecule has 0 fully saturated rings. The number of hydrogen-bond donors (Lipinski definition) is 2. The van der Waals surface area contributed by atoms with Gasteiger partial charge in [0.2, 0.25) is 0 Å². The average Bonchev–Trinajstić information content (AvgIpc) is 2.29. The molecule has 0 unspecified atom stereocenters. The van der Waals surface area contributed by atoms with Crippen molar-refractivity contribution in [1.82, 2.24) is 4.90 Å². The first-order valence-electron chi connectivity index (χ1n) is 6.18. The lowest BCUT2D eigenvalue weighted by molar-refractivity contribution is -0.132. The maximum absolute atomic E-state index is 10.0. The van der Waals surface area contributed by atoms with Crippen LogP contribution in [0.3, 0.4) is 0 Å². The van der Waals surface area contributed by atoms with Crippen LogP contribution in [0.4, 0.5) is 0 Å². The summed E-state index contributed by atoms with van der Waals surface area (Å²) in [4.78, 5) is 12.1. The van der Waals surface area contributed by atoms with Crippen LogP contribution in [-0.2, 0) is 19.4 Å². The molecule has 0 spiro atoms. The predicted octanol–water partition coefficient (Wildman–Crippen LogP) is 1.82. The smallest absolute Gasteiger partial charge is 0.397 e. The van der Waals surface area contributed by atoms with Crippen molar-refractivity contribution in [3.05, 3.63) is 11.6 Å². The van der Waals surface area contributed by atoms with Crippen molar-refractivity contribution in [2.75, 3.05) is 27.2 Å². The molecule has 0 aliphatic carbocycles. The molecule has 0 bridgehead atoms. The fraction of sp³-hybridized carbons (Fsp3) is 0.750. The van der Waals surface area contributed by atoms with Crippen LogP contribution >= 0.6 is 0 Å². The minimum absolute atomic E-state index is 0.0289. The van der Waals surface area contributed by atoms with E-state index in [2.05, 4.69) is 30.1 Å². The number of rotatable bonds is 5. The number of aliphatic carboxylic acids is 1. The predicted molar refractivity (Wildman–Crippen MR) is 79.1 cm³/mol. The number of hydrogen-bond acceptors (Lipinski definition) is 5. The van der Waals surface area contributed by atoms with Crippen LogP contribution in [-0.4, -0.2) is 56.2 Å². The van der Waals surface area contributed by atoms with Crippen LogP contribution in [0.15, 0.2) is 11.6 Å².